The number of ether oxygens (including phenoxy) is 1. The van der Waals surface area contributed by atoms with Crippen molar-refractivity contribution in [3.8, 4) is 17.2 Å². The molecule has 0 aliphatic heterocycles. The van der Waals surface area contributed by atoms with Gasteiger partial charge in [0.05, 0.1) is 17.1 Å². The molecule has 0 bridgehead atoms. The Morgan fingerprint density at radius 1 is 1.28 bits per heavy atom. The van der Waals surface area contributed by atoms with Gasteiger partial charge < -0.3 is 19.2 Å². The highest BCUT2D eigenvalue weighted by Gasteiger charge is 2.21. The summed E-state index contributed by atoms with van der Waals surface area (Å²) in [6, 6.07) is 10.0. The summed E-state index contributed by atoms with van der Waals surface area (Å²) in [7, 11) is 0. The lowest BCUT2D eigenvalue weighted by Gasteiger charge is -2.02. The minimum absolute atomic E-state index is 0.0742. The summed E-state index contributed by atoms with van der Waals surface area (Å²) in [5.74, 6) is -0.506. The van der Waals surface area contributed by atoms with Crippen molar-refractivity contribution in [1.29, 1.82) is 0 Å². The third kappa shape index (κ3) is 4.38. The maximum atomic E-state index is 11.7. The number of nitrogens with one attached hydrogen (secondary N) is 1. The second kappa shape index (κ2) is 8.21. The van der Waals surface area contributed by atoms with Crippen LogP contribution in [0.25, 0.3) is 23.5 Å². The number of aromatic amines is 1. The number of hydrogen-bond donors (Lipinski definition) is 2. The maximum absolute atomic E-state index is 11.7. The molecule has 0 aliphatic carbocycles. The van der Waals surface area contributed by atoms with Gasteiger partial charge in [0.25, 0.3) is 5.88 Å². The highest BCUT2D eigenvalue weighted by molar-refractivity contribution is 5.90. The molecule has 3 aromatic rings. The zero-order valence-electron chi connectivity index (χ0n) is 15.1. The molecule has 29 heavy (non-hydrogen) atoms. The number of nitrogens with zero attached hydrogens (tertiary/aromatic N) is 2. The number of aromatic nitrogens is 2. The quantitative estimate of drug-likeness (QED) is 0.366. The molecular weight excluding hydrogens is 382 g/mol. The Hall–Kier alpha value is -4.21. The first-order chi connectivity index (χ1) is 13.9. The number of carbonyl (C=O) groups is 1. The van der Waals surface area contributed by atoms with Crippen molar-refractivity contribution >= 4 is 23.8 Å². The smallest absolute Gasteiger partial charge is 0.395 e. The Morgan fingerprint density at radius 3 is 2.62 bits per heavy atom. The van der Waals surface area contributed by atoms with Crippen LogP contribution in [0.5, 0.6) is 5.88 Å². The SMILES string of the molecule is CCOC(=O)c1ccc(-c2ccc(/C=C\c3nc(O)c([N+](=O)[O-])c(=O)[nH]3)o2)cc1. The number of benzene rings is 1. The lowest BCUT2D eigenvalue weighted by atomic mass is 10.1. The summed E-state index contributed by atoms with van der Waals surface area (Å²) in [5.41, 5.74) is -0.926. The van der Waals surface area contributed by atoms with E-state index >= 15 is 0 Å². The normalized spacial score (nSPS) is 10.9. The molecule has 0 atom stereocenters. The molecule has 3 rings (SSSR count). The van der Waals surface area contributed by atoms with Gasteiger partial charge in [-0.3, -0.25) is 14.9 Å². The Kier molecular flexibility index (Phi) is 5.54. The lowest BCUT2D eigenvalue weighted by molar-refractivity contribution is -0.387. The number of rotatable bonds is 6. The first-order valence-electron chi connectivity index (χ1n) is 8.42. The molecule has 10 heteroatoms. The van der Waals surface area contributed by atoms with E-state index in [1.54, 1.807) is 43.3 Å². The molecule has 2 aromatic heterocycles. The fraction of sp³-hybridized carbons (Fsp3) is 0.105. The van der Waals surface area contributed by atoms with Gasteiger partial charge in [0.2, 0.25) is 0 Å². The molecule has 1 aromatic carbocycles. The van der Waals surface area contributed by atoms with E-state index in [0.717, 1.165) is 5.56 Å². The fourth-order valence-corrected chi connectivity index (χ4v) is 2.46. The molecule has 0 aliphatic rings. The van der Waals surface area contributed by atoms with E-state index in [4.69, 9.17) is 9.15 Å². The maximum Gasteiger partial charge on any atom is 0.395 e. The standard InChI is InChI=1S/C19H15N3O7/c1-2-28-19(25)12-5-3-11(4-6-12)14-9-7-13(29-14)8-10-15-20-17(23)16(22(26)27)18(24)21-15/h3-10H,2H2,1H3,(H2,20,21,23,24)/b10-8-. The van der Waals surface area contributed by atoms with Crippen molar-refractivity contribution in [3.63, 3.8) is 0 Å². The van der Waals surface area contributed by atoms with E-state index in [1.165, 1.54) is 12.2 Å². The zero-order valence-corrected chi connectivity index (χ0v) is 15.1. The van der Waals surface area contributed by atoms with Gasteiger partial charge >= 0.3 is 17.2 Å². The predicted octanol–water partition coefficient (Wildman–Crippen LogP) is 2.99. The van der Waals surface area contributed by atoms with Crippen LogP contribution in [0.1, 0.15) is 28.9 Å². The van der Waals surface area contributed by atoms with E-state index in [9.17, 15) is 24.8 Å². The molecule has 2 N–H and O–H groups in total. The summed E-state index contributed by atoms with van der Waals surface area (Å²) in [6.07, 6.45) is 2.80. The molecule has 0 spiro atoms. The number of nitro groups is 1. The van der Waals surface area contributed by atoms with Gasteiger partial charge in [0, 0.05) is 5.56 Å². The van der Waals surface area contributed by atoms with E-state index in [2.05, 4.69) is 9.97 Å². The van der Waals surface area contributed by atoms with Gasteiger partial charge in [0.1, 0.15) is 17.3 Å². The number of esters is 1. The minimum atomic E-state index is -1.07. The predicted molar refractivity (Wildman–Crippen MR) is 102 cm³/mol. The first-order valence-corrected chi connectivity index (χ1v) is 8.42. The molecule has 10 nitrogen and oxygen atoms in total. The average molecular weight is 397 g/mol. The van der Waals surface area contributed by atoms with E-state index < -0.39 is 28.0 Å². The summed E-state index contributed by atoms with van der Waals surface area (Å²) in [5, 5.41) is 20.2. The van der Waals surface area contributed by atoms with Crippen LogP contribution in [0.3, 0.4) is 0 Å². The Bertz CT molecular complexity index is 1140. The van der Waals surface area contributed by atoms with Crippen molar-refractivity contribution in [2.75, 3.05) is 6.61 Å². The monoisotopic (exact) mass is 397 g/mol. The van der Waals surface area contributed by atoms with Crippen molar-refractivity contribution < 1.29 is 24.0 Å². The summed E-state index contributed by atoms with van der Waals surface area (Å²) in [4.78, 5) is 38.7. The third-order valence-corrected chi connectivity index (χ3v) is 3.79. The fourth-order valence-electron chi connectivity index (χ4n) is 2.46. The molecule has 0 unspecified atom stereocenters. The Morgan fingerprint density at radius 2 is 2.00 bits per heavy atom. The van der Waals surface area contributed by atoms with Crippen LogP contribution in [-0.2, 0) is 4.74 Å². The van der Waals surface area contributed by atoms with Crippen molar-refractivity contribution in [2.45, 2.75) is 6.92 Å². The molecule has 0 fully saturated rings. The van der Waals surface area contributed by atoms with Gasteiger partial charge in [-0.15, -0.1) is 0 Å². The van der Waals surface area contributed by atoms with Gasteiger partial charge in [0.15, 0.2) is 0 Å². The molecule has 148 valence electrons. The zero-order chi connectivity index (χ0) is 21.0. The second-order valence-corrected chi connectivity index (χ2v) is 5.71. The Balaban J connectivity index is 1.78. The number of carbonyl (C=O) groups excluding carboxylic acids is 1. The number of furan rings is 1. The van der Waals surface area contributed by atoms with E-state index in [-0.39, 0.29) is 5.82 Å². The van der Waals surface area contributed by atoms with Crippen LogP contribution in [-0.4, -0.2) is 32.6 Å². The van der Waals surface area contributed by atoms with Crippen LogP contribution in [0.2, 0.25) is 0 Å². The average Bonchev–Trinajstić information content (AvgIpc) is 3.15. The molecular formula is C19H15N3O7. The van der Waals surface area contributed by atoms with Gasteiger partial charge in [-0.25, -0.2) is 4.79 Å². The third-order valence-electron chi connectivity index (χ3n) is 3.79. The second-order valence-electron chi connectivity index (χ2n) is 5.71. The van der Waals surface area contributed by atoms with Crippen LogP contribution in [0, 0.1) is 10.1 Å². The first kappa shape index (κ1) is 19.5. The molecule has 2 heterocycles. The van der Waals surface area contributed by atoms with Gasteiger partial charge in [-0.2, -0.15) is 4.98 Å². The van der Waals surface area contributed by atoms with Crippen LogP contribution >= 0.6 is 0 Å². The highest BCUT2D eigenvalue weighted by Crippen LogP contribution is 2.24. The summed E-state index contributed by atoms with van der Waals surface area (Å²) >= 11 is 0. The minimum Gasteiger partial charge on any atom is -0.488 e. The van der Waals surface area contributed by atoms with Gasteiger partial charge in [-0.1, -0.05) is 12.1 Å². The van der Waals surface area contributed by atoms with E-state index in [0.29, 0.717) is 23.7 Å². The van der Waals surface area contributed by atoms with E-state index in [1.807, 2.05) is 0 Å². The summed E-state index contributed by atoms with van der Waals surface area (Å²) < 4.78 is 10.6. The van der Waals surface area contributed by atoms with Crippen molar-refractivity contribution in [1.82, 2.24) is 9.97 Å². The highest BCUT2D eigenvalue weighted by atomic mass is 16.6. The molecule has 0 saturated heterocycles. The molecule has 0 radical (unpaired) electrons. The largest absolute Gasteiger partial charge is 0.488 e. The van der Waals surface area contributed by atoms with Crippen LogP contribution < -0.4 is 5.56 Å². The van der Waals surface area contributed by atoms with Crippen LogP contribution in [0.4, 0.5) is 5.69 Å². The van der Waals surface area contributed by atoms with Gasteiger partial charge in [-0.05, 0) is 43.3 Å². The van der Waals surface area contributed by atoms with Crippen LogP contribution in [0.15, 0.2) is 45.6 Å². The Labute approximate surface area is 163 Å². The van der Waals surface area contributed by atoms with Crippen molar-refractivity contribution in [2.24, 2.45) is 0 Å². The number of hydrogen-bond acceptors (Lipinski definition) is 8. The summed E-state index contributed by atoms with van der Waals surface area (Å²) in [6.45, 7) is 2.02. The number of aromatic hydroxyl groups is 1. The van der Waals surface area contributed by atoms with Crippen molar-refractivity contribution in [3.05, 3.63) is 74.0 Å². The molecule has 0 amide bonds. The molecule has 0 saturated carbocycles. The number of H-pyrrole nitrogens is 1. The lowest BCUT2D eigenvalue weighted by Crippen LogP contribution is -2.14. The topological polar surface area (TPSA) is 149 Å².